The highest BCUT2D eigenvalue weighted by molar-refractivity contribution is 7.09. The van der Waals surface area contributed by atoms with E-state index in [0.29, 0.717) is 5.15 Å². The van der Waals surface area contributed by atoms with E-state index in [1.807, 2.05) is 6.07 Å². The molecule has 0 fully saturated rings. The van der Waals surface area contributed by atoms with E-state index in [1.165, 1.54) is 4.88 Å². The fourth-order valence-electron chi connectivity index (χ4n) is 1.56. The van der Waals surface area contributed by atoms with Crippen molar-refractivity contribution in [1.29, 1.82) is 0 Å². The number of thiophene rings is 1. The lowest BCUT2D eigenvalue weighted by molar-refractivity contribution is 0.269. The van der Waals surface area contributed by atoms with E-state index in [4.69, 9.17) is 11.6 Å². The summed E-state index contributed by atoms with van der Waals surface area (Å²) in [6, 6.07) is 7.94. The van der Waals surface area contributed by atoms with E-state index in [0.717, 1.165) is 25.3 Å². The Kier molecular flexibility index (Phi) is 4.48. The van der Waals surface area contributed by atoms with Crippen molar-refractivity contribution in [3.05, 3.63) is 45.4 Å². The van der Waals surface area contributed by atoms with Crippen LogP contribution in [0.1, 0.15) is 17.5 Å². The Hall–Kier alpha value is -0.970. The Morgan fingerprint density at radius 1 is 1.24 bits per heavy atom. The standard InChI is InChI=1S/C12H14ClN3S/c1-2-16(9-11-4-3-7-17-11)8-10-5-6-12(13)15-14-10/h3-7H,2,8-9H2,1H3. The van der Waals surface area contributed by atoms with Crippen LogP contribution in [0.15, 0.2) is 29.6 Å². The maximum Gasteiger partial charge on any atom is 0.151 e. The summed E-state index contributed by atoms with van der Waals surface area (Å²) in [6.45, 7) is 4.90. The van der Waals surface area contributed by atoms with Crippen molar-refractivity contribution in [2.45, 2.75) is 20.0 Å². The molecule has 2 aromatic rings. The molecule has 2 rings (SSSR count). The summed E-state index contributed by atoms with van der Waals surface area (Å²) >= 11 is 7.49. The summed E-state index contributed by atoms with van der Waals surface area (Å²) in [5.41, 5.74) is 0.952. The van der Waals surface area contributed by atoms with Gasteiger partial charge >= 0.3 is 0 Å². The Labute approximate surface area is 110 Å². The topological polar surface area (TPSA) is 29.0 Å². The number of aromatic nitrogens is 2. The molecule has 0 radical (unpaired) electrons. The zero-order valence-electron chi connectivity index (χ0n) is 9.64. The Bertz CT molecular complexity index is 441. The summed E-state index contributed by atoms with van der Waals surface area (Å²) in [6.07, 6.45) is 0. The van der Waals surface area contributed by atoms with E-state index in [2.05, 4.69) is 39.5 Å². The third-order valence-corrected chi connectivity index (χ3v) is 3.54. The van der Waals surface area contributed by atoms with Gasteiger partial charge in [0.1, 0.15) is 0 Å². The SMILES string of the molecule is CCN(Cc1ccc(Cl)nn1)Cc1cccs1. The number of rotatable bonds is 5. The lowest BCUT2D eigenvalue weighted by Gasteiger charge is -2.18. The molecule has 0 aliphatic heterocycles. The molecule has 2 heterocycles. The second-order valence-electron chi connectivity index (χ2n) is 3.73. The van der Waals surface area contributed by atoms with Gasteiger partial charge in [-0.2, -0.15) is 5.10 Å². The van der Waals surface area contributed by atoms with Crippen LogP contribution < -0.4 is 0 Å². The van der Waals surface area contributed by atoms with E-state index in [1.54, 1.807) is 17.4 Å². The molecular weight excluding hydrogens is 254 g/mol. The molecule has 0 amide bonds. The van der Waals surface area contributed by atoms with Crippen LogP contribution in [0.5, 0.6) is 0 Å². The monoisotopic (exact) mass is 267 g/mol. The van der Waals surface area contributed by atoms with Gasteiger partial charge in [0.2, 0.25) is 0 Å². The van der Waals surface area contributed by atoms with E-state index >= 15 is 0 Å². The molecule has 0 aliphatic rings. The van der Waals surface area contributed by atoms with Crippen molar-refractivity contribution < 1.29 is 0 Å². The third kappa shape index (κ3) is 3.77. The average Bonchev–Trinajstić information content (AvgIpc) is 2.84. The Morgan fingerprint density at radius 2 is 2.12 bits per heavy atom. The smallest absolute Gasteiger partial charge is 0.151 e. The quantitative estimate of drug-likeness (QED) is 0.833. The predicted molar refractivity (Wildman–Crippen MR) is 71.1 cm³/mol. The lowest BCUT2D eigenvalue weighted by atomic mass is 10.3. The maximum atomic E-state index is 5.71. The Morgan fingerprint density at radius 3 is 2.71 bits per heavy atom. The van der Waals surface area contributed by atoms with Crippen molar-refractivity contribution in [3.8, 4) is 0 Å². The van der Waals surface area contributed by atoms with E-state index in [-0.39, 0.29) is 0 Å². The van der Waals surface area contributed by atoms with Crippen LogP contribution in [0.4, 0.5) is 0 Å². The molecule has 3 nitrogen and oxygen atoms in total. The summed E-state index contributed by atoms with van der Waals surface area (Å²) < 4.78 is 0. The highest BCUT2D eigenvalue weighted by Gasteiger charge is 2.06. The molecule has 2 aromatic heterocycles. The second kappa shape index (κ2) is 6.10. The molecule has 0 saturated heterocycles. The molecule has 0 unspecified atom stereocenters. The third-order valence-electron chi connectivity index (χ3n) is 2.48. The molecule has 0 aromatic carbocycles. The lowest BCUT2D eigenvalue weighted by Crippen LogP contribution is -2.22. The second-order valence-corrected chi connectivity index (χ2v) is 5.15. The molecule has 0 aliphatic carbocycles. The summed E-state index contributed by atoms with van der Waals surface area (Å²) in [4.78, 5) is 3.69. The molecule has 5 heteroatoms. The molecule has 0 N–H and O–H groups in total. The van der Waals surface area contributed by atoms with Gasteiger partial charge in [-0.15, -0.1) is 16.4 Å². The number of hydrogen-bond donors (Lipinski definition) is 0. The first kappa shape index (κ1) is 12.5. The minimum absolute atomic E-state index is 0.440. The van der Waals surface area contributed by atoms with Crippen LogP contribution in [0.3, 0.4) is 0 Å². The first-order valence-electron chi connectivity index (χ1n) is 5.50. The van der Waals surface area contributed by atoms with Gasteiger partial charge in [0, 0.05) is 18.0 Å². The van der Waals surface area contributed by atoms with Crippen molar-refractivity contribution in [3.63, 3.8) is 0 Å². The van der Waals surface area contributed by atoms with Crippen LogP contribution in [-0.2, 0) is 13.1 Å². The summed E-state index contributed by atoms with van der Waals surface area (Å²) in [5, 5.41) is 10.5. The largest absolute Gasteiger partial charge is 0.293 e. The number of hydrogen-bond acceptors (Lipinski definition) is 4. The van der Waals surface area contributed by atoms with Gasteiger partial charge in [-0.1, -0.05) is 24.6 Å². The normalized spacial score (nSPS) is 11.0. The molecule has 17 heavy (non-hydrogen) atoms. The molecular formula is C12H14ClN3S. The zero-order valence-corrected chi connectivity index (χ0v) is 11.2. The van der Waals surface area contributed by atoms with Crippen molar-refractivity contribution in [2.24, 2.45) is 0 Å². The molecule has 0 atom stereocenters. The fraction of sp³-hybridized carbons (Fsp3) is 0.333. The number of halogens is 1. The van der Waals surface area contributed by atoms with Crippen molar-refractivity contribution >= 4 is 22.9 Å². The van der Waals surface area contributed by atoms with Gasteiger partial charge in [0.15, 0.2) is 5.15 Å². The first-order chi connectivity index (χ1) is 8.28. The number of nitrogens with zero attached hydrogens (tertiary/aromatic N) is 3. The van der Waals surface area contributed by atoms with Crippen LogP contribution in [-0.4, -0.2) is 21.6 Å². The molecule has 0 spiro atoms. The van der Waals surface area contributed by atoms with Gasteiger partial charge in [-0.3, -0.25) is 4.90 Å². The maximum absolute atomic E-state index is 5.71. The minimum atomic E-state index is 0.440. The van der Waals surface area contributed by atoms with Crippen LogP contribution >= 0.6 is 22.9 Å². The van der Waals surface area contributed by atoms with Crippen molar-refractivity contribution in [1.82, 2.24) is 15.1 Å². The highest BCUT2D eigenvalue weighted by Crippen LogP contribution is 2.13. The highest BCUT2D eigenvalue weighted by atomic mass is 35.5. The molecule has 0 bridgehead atoms. The summed E-state index contributed by atoms with van der Waals surface area (Å²) in [7, 11) is 0. The Balaban J connectivity index is 1.97. The average molecular weight is 268 g/mol. The van der Waals surface area contributed by atoms with Crippen LogP contribution in [0.2, 0.25) is 5.15 Å². The zero-order chi connectivity index (χ0) is 12.1. The van der Waals surface area contributed by atoms with Gasteiger partial charge in [-0.25, -0.2) is 0 Å². The molecule has 0 saturated carbocycles. The predicted octanol–water partition coefficient (Wildman–Crippen LogP) is 3.21. The minimum Gasteiger partial charge on any atom is -0.293 e. The fourth-order valence-corrected chi connectivity index (χ4v) is 2.41. The van der Waals surface area contributed by atoms with Crippen LogP contribution in [0.25, 0.3) is 0 Å². The van der Waals surface area contributed by atoms with Gasteiger partial charge < -0.3 is 0 Å². The van der Waals surface area contributed by atoms with Crippen molar-refractivity contribution in [2.75, 3.05) is 6.54 Å². The van der Waals surface area contributed by atoms with E-state index in [9.17, 15) is 0 Å². The first-order valence-corrected chi connectivity index (χ1v) is 6.76. The van der Waals surface area contributed by atoms with Gasteiger partial charge in [-0.05, 0) is 30.1 Å². The van der Waals surface area contributed by atoms with Gasteiger partial charge in [0.25, 0.3) is 0 Å². The summed E-state index contributed by atoms with van der Waals surface area (Å²) in [5.74, 6) is 0. The van der Waals surface area contributed by atoms with E-state index < -0.39 is 0 Å². The van der Waals surface area contributed by atoms with Gasteiger partial charge in [0.05, 0.1) is 5.69 Å². The van der Waals surface area contributed by atoms with Crippen LogP contribution in [0, 0.1) is 0 Å². The molecule has 90 valence electrons.